The molecule has 0 aliphatic heterocycles. The van der Waals surface area contributed by atoms with E-state index in [1.165, 1.54) is 11.4 Å². The van der Waals surface area contributed by atoms with Crippen LogP contribution >= 0.6 is 11.8 Å². The van der Waals surface area contributed by atoms with E-state index in [2.05, 4.69) is 5.10 Å². The molecular weight excluding hydrogens is 302 g/mol. The zero-order chi connectivity index (χ0) is 14.8. The number of H-pyrrole nitrogens is 1. The highest BCUT2D eigenvalue weighted by Crippen LogP contribution is 2.41. The number of hydrogen-bond acceptors (Lipinski definition) is 4. The van der Waals surface area contributed by atoms with Gasteiger partial charge < -0.3 is 5.32 Å². The third-order valence-corrected chi connectivity index (χ3v) is 2.37. The van der Waals surface area contributed by atoms with Crippen molar-refractivity contribution in [1.82, 2.24) is 10.2 Å². The van der Waals surface area contributed by atoms with E-state index in [0.717, 1.165) is 0 Å². The van der Waals surface area contributed by atoms with Crippen LogP contribution in [0.25, 0.3) is 0 Å². The topological polar surface area (TPSA) is 81.6 Å². The van der Waals surface area contributed by atoms with Gasteiger partial charge in [-0.05, 0) is 11.8 Å². The van der Waals surface area contributed by atoms with Gasteiger partial charge in [0, 0.05) is 0 Å². The van der Waals surface area contributed by atoms with Crippen molar-refractivity contribution in [3.63, 3.8) is 0 Å². The summed E-state index contributed by atoms with van der Waals surface area (Å²) in [6, 6.07) is 1.25. The predicted octanol–water partition coefficient (Wildman–Crippen LogP) is 2.39. The number of carbonyl (C=O) groups is 1. The number of nitriles is 1. The molecule has 1 heterocycles. The molecule has 0 bridgehead atoms. The maximum atomic E-state index is 12.2. The summed E-state index contributed by atoms with van der Waals surface area (Å²) in [6.45, 7) is 0. The molecule has 5 nitrogen and oxygen atoms in total. The van der Waals surface area contributed by atoms with Gasteiger partial charge in [-0.15, -0.1) is 0 Å². The van der Waals surface area contributed by atoms with Gasteiger partial charge in [0.25, 0.3) is 0 Å². The summed E-state index contributed by atoms with van der Waals surface area (Å²) in [7, 11) is 0. The van der Waals surface area contributed by atoms with Gasteiger partial charge in [-0.3, -0.25) is 9.89 Å². The van der Waals surface area contributed by atoms with E-state index in [-0.39, 0.29) is 0 Å². The molecule has 1 aromatic heterocycles. The Labute approximate surface area is 105 Å². The average molecular weight is 304 g/mol. The molecule has 0 fully saturated rings. The summed E-state index contributed by atoms with van der Waals surface area (Å²) in [4.78, 5) is 9.65. The van der Waals surface area contributed by atoms with Crippen molar-refractivity contribution in [3.05, 3.63) is 5.69 Å². The van der Waals surface area contributed by atoms with Crippen LogP contribution in [0.3, 0.4) is 0 Å². The minimum absolute atomic E-state index is 0.778. The van der Waals surface area contributed by atoms with Crippen LogP contribution in [0, 0.1) is 11.3 Å². The first-order chi connectivity index (χ1) is 8.54. The molecule has 1 amide bonds. The fourth-order valence-electron chi connectivity index (χ4n) is 0.892. The summed E-state index contributed by atoms with van der Waals surface area (Å²) in [5, 5.41) is 14.4. The highest BCUT2D eigenvalue weighted by atomic mass is 32.2. The van der Waals surface area contributed by atoms with Gasteiger partial charge >= 0.3 is 17.6 Å². The Bertz CT molecular complexity index is 527. The van der Waals surface area contributed by atoms with Gasteiger partial charge in [-0.25, -0.2) is 0 Å². The summed E-state index contributed by atoms with van der Waals surface area (Å²) in [5.41, 5.74) is -5.63. The van der Waals surface area contributed by atoms with Crippen LogP contribution in [0.5, 0.6) is 0 Å². The lowest BCUT2D eigenvalue weighted by Crippen LogP contribution is -2.30. The van der Waals surface area contributed by atoms with E-state index in [4.69, 9.17) is 5.26 Å². The molecule has 0 saturated carbocycles. The number of nitrogens with one attached hydrogen (secondary N) is 2. The monoisotopic (exact) mass is 304 g/mol. The SMILES string of the molecule is N#Cc1n[nH]c(NC(=O)C(F)(F)F)c1SC(F)(F)F. The highest BCUT2D eigenvalue weighted by molar-refractivity contribution is 8.00. The fourth-order valence-corrected chi connectivity index (χ4v) is 1.51. The third-order valence-electron chi connectivity index (χ3n) is 1.54. The average Bonchev–Trinajstić information content (AvgIpc) is 2.57. The largest absolute Gasteiger partial charge is 0.471 e. The number of rotatable bonds is 2. The van der Waals surface area contributed by atoms with E-state index in [1.807, 2.05) is 0 Å². The van der Waals surface area contributed by atoms with Gasteiger partial charge in [0.1, 0.15) is 11.9 Å². The Morgan fingerprint density at radius 2 is 1.89 bits per heavy atom. The van der Waals surface area contributed by atoms with Gasteiger partial charge in [-0.2, -0.15) is 36.7 Å². The molecule has 19 heavy (non-hydrogen) atoms. The summed E-state index contributed by atoms with van der Waals surface area (Å²) >= 11 is -0.860. The normalized spacial score (nSPS) is 12.1. The number of carbonyl (C=O) groups excluding carboxylic acids is 1. The Morgan fingerprint density at radius 3 is 2.32 bits per heavy atom. The smallest absolute Gasteiger partial charge is 0.302 e. The highest BCUT2D eigenvalue weighted by Gasteiger charge is 2.40. The zero-order valence-corrected chi connectivity index (χ0v) is 9.30. The number of aromatic nitrogens is 2. The molecule has 0 unspecified atom stereocenters. The molecule has 0 aromatic carbocycles. The fraction of sp³-hybridized carbons (Fsp3) is 0.286. The molecule has 0 radical (unpaired) electrons. The molecule has 1 aromatic rings. The zero-order valence-electron chi connectivity index (χ0n) is 8.48. The van der Waals surface area contributed by atoms with Gasteiger partial charge in [0.2, 0.25) is 0 Å². The van der Waals surface area contributed by atoms with E-state index in [1.54, 1.807) is 5.10 Å². The Morgan fingerprint density at radius 1 is 1.32 bits per heavy atom. The lowest BCUT2D eigenvalue weighted by atomic mass is 10.4. The minimum atomic E-state index is -5.28. The first-order valence-electron chi connectivity index (χ1n) is 4.17. The quantitative estimate of drug-likeness (QED) is 0.649. The van der Waals surface area contributed by atoms with E-state index in [0.29, 0.717) is 0 Å². The van der Waals surface area contributed by atoms with Crippen molar-refractivity contribution in [2.24, 2.45) is 0 Å². The molecule has 0 aliphatic rings. The van der Waals surface area contributed by atoms with Crippen molar-refractivity contribution in [2.45, 2.75) is 16.6 Å². The van der Waals surface area contributed by atoms with Crippen LogP contribution in [-0.2, 0) is 4.79 Å². The standard InChI is InChI=1S/C7H2F6N4OS/c8-6(9,10)5(18)15-4-3(19-7(11,12)13)2(1-14)16-17-4/h(H2,15,16,17,18). The number of aromatic amines is 1. The predicted molar refractivity (Wildman–Crippen MR) is 49.9 cm³/mol. The first-order valence-corrected chi connectivity index (χ1v) is 4.98. The summed E-state index contributed by atoms with van der Waals surface area (Å²) < 4.78 is 72.3. The van der Waals surface area contributed by atoms with Crippen molar-refractivity contribution < 1.29 is 31.1 Å². The van der Waals surface area contributed by atoms with Crippen LogP contribution in [0.1, 0.15) is 5.69 Å². The first kappa shape index (κ1) is 15.2. The van der Waals surface area contributed by atoms with Crippen LogP contribution < -0.4 is 5.32 Å². The molecule has 2 N–H and O–H groups in total. The Kier molecular flexibility index (Phi) is 3.99. The second kappa shape index (κ2) is 5.00. The lowest BCUT2D eigenvalue weighted by molar-refractivity contribution is -0.167. The lowest BCUT2D eigenvalue weighted by Gasteiger charge is -2.09. The number of amides is 1. The molecular formula is C7H2F6N4OS. The summed E-state index contributed by atoms with van der Waals surface area (Å²) in [6.07, 6.45) is -5.28. The van der Waals surface area contributed by atoms with Crippen LogP contribution in [-0.4, -0.2) is 27.8 Å². The maximum absolute atomic E-state index is 12.2. The second-order valence-electron chi connectivity index (χ2n) is 2.89. The minimum Gasteiger partial charge on any atom is -0.302 e. The number of anilines is 1. The summed E-state index contributed by atoms with van der Waals surface area (Å²) in [5.74, 6) is -3.43. The van der Waals surface area contributed by atoms with Crippen molar-refractivity contribution >= 4 is 23.5 Å². The van der Waals surface area contributed by atoms with E-state index >= 15 is 0 Å². The second-order valence-corrected chi connectivity index (χ2v) is 3.96. The third kappa shape index (κ3) is 4.05. The molecule has 0 atom stereocenters. The van der Waals surface area contributed by atoms with Crippen molar-refractivity contribution in [2.75, 3.05) is 5.32 Å². The Hall–Kier alpha value is -1.90. The maximum Gasteiger partial charge on any atom is 0.471 e. The van der Waals surface area contributed by atoms with E-state index < -0.39 is 45.8 Å². The van der Waals surface area contributed by atoms with Crippen LogP contribution in [0.2, 0.25) is 0 Å². The molecule has 1 rings (SSSR count). The van der Waals surface area contributed by atoms with Crippen molar-refractivity contribution in [3.8, 4) is 6.07 Å². The molecule has 12 heteroatoms. The van der Waals surface area contributed by atoms with Crippen LogP contribution in [0.4, 0.5) is 32.2 Å². The number of thioether (sulfide) groups is 1. The van der Waals surface area contributed by atoms with Gasteiger partial charge in [-0.1, -0.05) is 0 Å². The molecule has 0 aliphatic carbocycles. The van der Waals surface area contributed by atoms with Crippen LogP contribution in [0.15, 0.2) is 4.90 Å². The molecule has 0 spiro atoms. The van der Waals surface area contributed by atoms with Gasteiger partial charge in [0.05, 0.1) is 4.90 Å². The van der Waals surface area contributed by atoms with E-state index in [9.17, 15) is 31.1 Å². The Balaban J connectivity index is 3.06. The number of alkyl halides is 6. The number of halogens is 6. The molecule has 104 valence electrons. The van der Waals surface area contributed by atoms with Crippen molar-refractivity contribution in [1.29, 1.82) is 5.26 Å². The van der Waals surface area contributed by atoms with Gasteiger partial charge in [0.15, 0.2) is 5.69 Å². The molecule has 0 saturated heterocycles. The number of hydrogen-bond donors (Lipinski definition) is 2. The number of nitrogens with zero attached hydrogens (tertiary/aromatic N) is 2.